The smallest absolute Gasteiger partial charge is 0.251 e. The summed E-state index contributed by atoms with van der Waals surface area (Å²) in [6.45, 7) is 1.76. The van der Waals surface area contributed by atoms with E-state index in [4.69, 9.17) is 10.5 Å². The van der Waals surface area contributed by atoms with E-state index >= 15 is 0 Å². The lowest BCUT2D eigenvalue weighted by molar-refractivity contribution is 0.0938. The quantitative estimate of drug-likeness (QED) is 0.682. The first-order valence-electron chi connectivity index (χ1n) is 7.29. The van der Waals surface area contributed by atoms with Gasteiger partial charge in [-0.15, -0.1) is 0 Å². The molecule has 0 aliphatic carbocycles. The van der Waals surface area contributed by atoms with Gasteiger partial charge in [0.1, 0.15) is 17.3 Å². The van der Waals surface area contributed by atoms with Crippen molar-refractivity contribution in [3.8, 4) is 17.3 Å². The first-order chi connectivity index (χ1) is 12.5. The second-order valence-corrected chi connectivity index (χ2v) is 7.11. The van der Waals surface area contributed by atoms with Gasteiger partial charge >= 0.3 is 0 Å². The lowest BCUT2D eigenvalue weighted by Crippen LogP contribution is -2.28. The highest BCUT2D eigenvalue weighted by Gasteiger charge is 2.19. The molecule has 3 rings (SSSR count). The molecule has 0 radical (unpaired) electrons. The summed E-state index contributed by atoms with van der Waals surface area (Å²) < 4.78 is 2.13. The van der Waals surface area contributed by atoms with Crippen molar-refractivity contribution in [1.29, 1.82) is 10.5 Å². The summed E-state index contributed by atoms with van der Waals surface area (Å²) in [7, 11) is 0. The summed E-state index contributed by atoms with van der Waals surface area (Å²) in [5.74, 6) is 0.134. The molecule has 0 aliphatic rings. The second-order valence-electron chi connectivity index (χ2n) is 5.18. The molecule has 10 heteroatoms. The van der Waals surface area contributed by atoms with Crippen LogP contribution in [0.25, 0.3) is 5.13 Å². The van der Waals surface area contributed by atoms with Crippen molar-refractivity contribution in [3.63, 3.8) is 0 Å². The molecule has 0 saturated carbocycles. The molecule has 0 spiro atoms. The highest BCUT2D eigenvalue weighted by Crippen LogP contribution is 2.21. The Balaban J connectivity index is 1.83. The van der Waals surface area contributed by atoms with Gasteiger partial charge in [0.15, 0.2) is 5.82 Å². The van der Waals surface area contributed by atoms with Gasteiger partial charge in [-0.05, 0) is 25.1 Å². The number of aromatic nitrogens is 4. The molecule has 26 heavy (non-hydrogen) atoms. The number of amides is 1. The minimum atomic E-state index is -0.469. The van der Waals surface area contributed by atoms with Crippen LogP contribution in [0.3, 0.4) is 0 Å². The number of rotatable bonds is 4. The van der Waals surface area contributed by atoms with Gasteiger partial charge in [-0.25, -0.2) is 9.97 Å². The standard InChI is InChI=1S/C16H10BrN7OS/c1-9(23-15(25)11-2-10(5-18)3-12(17)4-11)14-21-8-22-24(14)16-20-7-13(6-19)26-16/h2-4,7-9H,1H3,(H,23,25)/t9-/m0/s1. The van der Waals surface area contributed by atoms with Crippen LogP contribution in [0.1, 0.15) is 39.6 Å². The van der Waals surface area contributed by atoms with E-state index in [-0.39, 0.29) is 5.91 Å². The Morgan fingerprint density at radius 2 is 2.12 bits per heavy atom. The van der Waals surface area contributed by atoms with Gasteiger partial charge in [0.2, 0.25) is 5.13 Å². The molecule has 1 aromatic carbocycles. The van der Waals surface area contributed by atoms with Crippen molar-refractivity contribution in [2.75, 3.05) is 0 Å². The normalized spacial score (nSPS) is 11.4. The summed E-state index contributed by atoms with van der Waals surface area (Å²) in [5, 5.41) is 25.4. The van der Waals surface area contributed by atoms with Gasteiger partial charge in [0, 0.05) is 10.0 Å². The summed E-state index contributed by atoms with van der Waals surface area (Å²) in [4.78, 5) is 21.3. The van der Waals surface area contributed by atoms with Crippen LogP contribution in [0.2, 0.25) is 0 Å². The Labute approximate surface area is 160 Å². The van der Waals surface area contributed by atoms with Gasteiger partial charge < -0.3 is 5.32 Å². The van der Waals surface area contributed by atoms with Crippen molar-refractivity contribution in [2.24, 2.45) is 0 Å². The predicted octanol–water partition coefficient (Wildman–Crippen LogP) is 2.72. The number of carbonyl (C=O) groups is 1. The van der Waals surface area contributed by atoms with Crippen molar-refractivity contribution >= 4 is 33.2 Å². The van der Waals surface area contributed by atoms with Crippen LogP contribution in [0.15, 0.2) is 35.2 Å². The molecular formula is C16H10BrN7OS. The molecule has 0 unspecified atom stereocenters. The third-order valence-electron chi connectivity index (χ3n) is 3.38. The number of nitrogens with zero attached hydrogens (tertiary/aromatic N) is 6. The minimum absolute atomic E-state index is 0.346. The molecule has 0 bridgehead atoms. The van der Waals surface area contributed by atoms with E-state index in [9.17, 15) is 4.79 Å². The summed E-state index contributed by atoms with van der Waals surface area (Å²) in [6.07, 6.45) is 2.82. The van der Waals surface area contributed by atoms with E-state index in [2.05, 4.69) is 36.3 Å². The van der Waals surface area contributed by atoms with Crippen molar-refractivity contribution in [3.05, 3.63) is 57.0 Å². The second kappa shape index (κ2) is 7.44. The Kier molecular flexibility index (Phi) is 5.07. The third-order valence-corrected chi connectivity index (χ3v) is 4.72. The van der Waals surface area contributed by atoms with Crippen LogP contribution in [-0.2, 0) is 0 Å². The molecular weight excluding hydrogens is 418 g/mol. The molecule has 3 aromatic rings. The molecule has 2 heterocycles. The van der Waals surface area contributed by atoms with E-state index in [1.807, 2.05) is 12.1 Å². The zero-order valence-corrected chi connectivity index (χ0v) is 15.7. The maximum absolute atomic E-state index is 12.5. The number of nitriles is 2. The Morgan fingerprint density at radius 1 is 1.31 bits per heavy atom. The average molecular weight is 428 g/mol. The fourth-order valence-electron chi connectivity index (χ4n) is 2.24. The average Bonchev–Trinajstić information content (AvgIpc) is 3.29. The monoisotopic (exact) mass is 427 g/mol. The van der Waals surface area contributed by atoms with E-state index in [0.29, 0.717) is 31.4 Å². The Bertz CT molecular complexity index is 1060. The van der Waals surface area contributed by atoms with Crippen LogP contribution < -0.4 is 5.32 Å². The lowest BCUT2D eigenvalue weighted by atomic mass is 10.1. The number of benzene rings is 1. The first-order valence-corrected chi connectivity index (χ1v) is 8.90. The van der Waals surface area contributed by atoms with Gasteiger partial charge in [0.25, 0.3) is 5.91 Å². The number of halogens is 1. The van der Waals surface area contributed by atoms with E-state index in [1.165, 1.54) is 34.6 Å². The fraction of sp³-hybridized carbons (Fsp3) is 0.125. The predicted molar refractivity (Wildman–Crippen MR) is 96.5 cm³/mol. The maximum Gasteiger partial charge on any atom is 0.251 e. The van der Waals surface area contributed by atoms with E-state index in [0.717, 1.165) is 0 Å². The van der Waals surface area contributed by atoms with Crippen LogP contribution >= 0.6 is 27.3 Å². The van der Waals surface area contributed by atoms with Crippen molar-refractivity contribution in [2.45, 2.75) is 13.0 Å². The van der Waals surface area contributed by atoms with Crippen LogP contribution in [0, 0.1) is 22.7 Å². The molecule has 0 saturated heterocycles. The van der Waals surface area contributed by atoms with Crippen molar-refractivity contribution in [1.82, 2.24) is 25.1 Å². The van der Waals surface area contributed by atoms with E-state index in [1.54, 1.807) is 19.1 Å². The Morgan fingerprint density at radius 3 is 2.81 bits per heavy atom. The molecule has 1 atom stereocenters. The van der Waals surface area contributed by atoms with Gasteiger partial charge in [-0.2, -0.15) is 20.3 Å². The SMILES string of the molecule is C[C@H](NC(=O)c1cc(Br)cc(C#N)c1)c1ncnn1-c1ncc(C#N)s1. The number of thiazole rings is 1. The molecule has 128 valence electrons. The highest BCUT2D eigenvalue weighted by molar-refractivity contribution is 9.10. The molecule has 0 aliphatic heterocycles. The number of hydrogen-bond donors (Lipinski definition) is 1. The topological polar surface area (TPSA) is 120 Å². The molecule has 2 aromatic heterocycles. The molecule has 8 nitrogen and oxygen atoms in total. The maximum atomic E-state index is 12.5. The Hall–Kier alpha value is -3.08. The van der Waals surface area contributed by atoms with E-state index < -0.39 is 6.04 Å². The zero-order chi connectivity index (χ0) is 18.7. The molecule has 0 fully saturated rings. The van der Waals surface area contributed by atoms with Crippen LogP contribution in [0.5, 0.6) is 0 Å². The van der Waals surface area contributed by atoms with Gasteiger partial charge in [-0.1, -0.05) is 27.3 Å². The third kappa shape index (κ3) is 3.61. The first kappa shape index (κ1) is 17.7. The highest BCUT2D eigenvalue weighted by atomic mass is 79.9. The molecule has 1 N–H and O–H groups in total. The fourth-order valence-corrected chi connectivity index (χ4v) is 3.41. The summed E-state index contributed by atoms with van der Waals surface area (Å²) >= 11 is 4.47. The van der Waals surface area contributed by atoms with Crippen LogP contribution in [-0.4, -0.2) is 25.7 Å². The molecule has 1 amide bonds. The number of nitrogens with one attached hydrogen (secondary N) is 1. The lowest BCUT2D eigenvalue weighted by Gasteiger charge is -2.14. The summed E-state index contributed by atoms with van der Waals surface area (Å²) in [6, 6.07) is 8.34. The van der Waals surface area contributed by atoms with Gasteiger partial charge in [0.05, 0.1) is 23.9 Å². The van der Waals surface area contributed by atoms with Crippen LogP contribution in [0.4, 0.5) is 0 Å². The van der Waals surface area contributed by atoms with Gasteiger partial charge in [-0.3, -0.25) is 4.79 Å². The largest absolute Gasteiger partial charge is 0.342 e. The minimum Gasteiger partial charge on any atom is -0.342 e. The number of carbonyl (C=O) groups excluding carboxylic acids is 1. The zero-order valence-electron chi connectivity index (χ0n) is 13.3. The number of hydrogen-bond acceptors (Lipinski definition) is 7. The van der Waals surface area contributed by atoms with Crippen molar-refractivity contribution < 1.29 is 4.79 Å². The summed E-state index contributed by atoms with van der Waals surface area (Å²) in [5.41, 5.74) is 0.738.